The molecule has 1 rings (SSSR count). The fourth-order valence-electron chi connectivity index (χ4n) is 1.63. The molecule has 0 spiro atoms. The first-order valence-corrected chi connectivity index (χ1v) is 5.44. The van der Waals surface area contributed by atoms with Crippen molar-refractivity contribution in [2.24, 2.45) is 11.7 Å². The fourth-order valence-corrected chi connectivity index (χ4v) is 1.63. The molecule has 4 N–H and O–H groups in total. The summed E-state index contributed by atoms with van der Waals surface area (Å²) in [6.45, 7) is 3.12. The molecule has 0 aromatic heterocycles. The molecule has 1 aliphatic heterocycles. The molecule has 0 aliphatic carbocycles. The van der Waals surface area contributed by atoms with Crippen LogP contribution in [0.2, 0.25) is 0 Å². The quantitative estimate of drug-likeness (QED) is 0.564. The Kier molecular flexibility index (Phi) is 5.01. The van der Waals surface area contributed by atoms with Crippen LogP contribution in [0.3, 0.4) is 0 Å². The Morgan fingerprint density at radius 3 is 2.93 bits per heavy atom. The number of carbonyl (C=O) groups excluding carboxylic acids is 1. The van der Waals surface area contributed by atoms with E-state index in [0.717, 1.165) is 6.42 Å². The molecule has 1 saturated heterocycles. The van der Waals surface area contributed by atoms with Gasteiger partial charge in [0.1, 0.15) is 0 Å². The minimum absolute atomic E-state index is 0.116. The van der Waals surface area contributed by atoms with Crippen molar-refractivity contribution >= 4 is 5.91 Å². The first kappa shape index (κ1) is 12.4. The summed E-state index contributed by atoms with van der Waals surface area (Å²) in [4.78, 5) is 11.6. The lowest BCUT2D eigenvalue weighted by molar-refractivity contribution is -0.125. The van der Waals surface area contributed by atoms with Crippen LogP contribution in [0.15, 0.2) is 0 Å². The van der Waals surface area contributed by atoms with Gasteiger partial charge in [-0.15, -0.1) is 0 Å². The Bertz CT molecular complexity index is 211. The van der Waals surface area contributed by atoms with Gasteiger partial charge in [0.05, 0.1) is 25.2 Å². The third-order valence-corrected chi connectivity index (χ3v) is 2.60. The van der Waals surface area contributed by atoms with E-state index in [4.69, 9.17) is 10.5 Å². The third kappa shape index (κ3) is 3.77. The van der Waals surface area contributed by atoms with Crippen LogP contribution in [0.25, 0.3) is 0 Å². The lowest BCUT2D eigenvalue weighted by Crippen LogP contribution is -2.43. The monoisotopic (exact) mass is 216 g/mol. The van der Waals surface area contributed by atoms with E-state index in [2.05, 4.69) is 5.32 Å². The zero-order valence-electron chi connectivity index (χ0n) is 9.11. The lowest BCUT2D eigenvalue weighted by atomic mass is 10.0. The molecule has 0 aromatic carbocycles. The van der Waals surface area contributed by atoms with Gasteiger partial charge < -0.3 is 20.9 Å². The molecule has 1 heterocycles. The molecule has 5 nitrogen and oxygen atoms in total. The molecule has 88 valence electrons. The molecule has 0 radical (unpaired) electrons. The second kappa shape index (κ2) is 6.05. The number of nitrogens with one attached hydrogen (secondary N) is 1. The van der Waals surface area contributed by atoms with Gasteiger partial charge >= 0.3 is 0 Å². The summed E-state index contributed by atoms with van der Waals surface area (Å²) in [5, 5.41) is 12.1. The van der Waals surface area contributed by atoms with E-state index in [1.807, 2.05) is 6.92 Å². The Hall–Kier alpha value is -0.650. The van der Waals surface area contributed by atoms with Crippen molar-refractivity contribution in [3.05, 3.63) is 0 Å². The summed E-state index contributed by atoms with van der Waals surface area (Å²) in [6.07, 6.45) is 1.15. The number of aliphatic hydroxyl groups excluding tert-OH is 1. The molecular weight excluding hydrogens is 196 g/mol. The van der Waals surface area contributed by atoms with E-state index in [-0.39, 0.29) is 17.9 Å². The van der Waals surface area contributed by atoms with Gasteiger partial charge in [0.15, 0.2) is 0 Å². The Morgan fingerprint density at radius 1 is 1.67 bits per heavy atom. The van der Waals surface area contributed by atoms with Crippen LogP contribution < -0.4 is 11.1 Å². The van der Waals surface area contributed by atoms with Crippen LogP contribution in [0.1, 0.15) is 19.8 Å². The molecule has 5 heteroatoms. The van der Waals surface area contributed by atoms with E-state index in [1.54, 1.807) is 0 Å². The summed E-state index contributed by atoms with van der Waals surface area (Å²) in [6, 6.07) is -0.215. The maximum Gasteiger partial charge on any atom is 0.227 e. The molecular formula is C10H20N2O3. The van der Waals surface area contributed by atoms with Gasteiger partial charge in [-0.25, -0.2) is 0 Å². The second-order valence-electron chi connectivity index (χ2n) is 4.00. The molecule has 15 heavy (non-hydrogen) atoms. The van der Waals surface area contributed by atoms with E-state index in [0.29, 0.717) is 26.2 Å². The third-order valence-electron chi connectivity index (χ3n) is 2.60. The molecule has 3 atom stereocenters. The summed E-state index contributed by atoms with van der Waals surface area (Å²) in [7, 11) is 0. The Morgan fingerprint density at radius 2 is 2.40 bits per heavy atom. The largest absolute Gasteiger partial charge is 0.391 e. The highest BCUT2D eigenvalue weighted by molar-refractivity contribution is 5.79. The van der Waals surface area contributed by atoms with Crippen LogP contribution in [-0.2, 0) is 9.53 Å². The summed E-state index contributed by atoms with van der Waals surface area (Å²) in [5.74, 6) is -0.381. The van der Waals surface area contributed by atoms with Crippen LogP contribution >= 0.6 is 0 Å². The van der Waals surface area contributed by atoms with Gasteiger partial charge in [0, 0.05) is 12.6 Å². The zero-order valence-corrected chi connectivity index (χ0v) is 9.11. The number of hydrogen-bond acceptors (Lipinski definition) is 4. The van der Waals surface area contributed by atoms with Crippen molar-refractivity contribution in [3.8, 4) is 0 Å². The van der Waals surface area contributed by atoms with Gasteiger partial charge in [0.2, 0.25) is 5.91 Å². The fraction of sp³-hybridized carbons (Fsp3) is 0.900. The van der Waals surface area contributed by atoms with Crippen LogP contribution in [0.5, 0.6) is 0 Å². The minimum Gasteiger partial charge on any atom is -0.391 e. The zero-order chi connectivity index (χ0) is 11.3. The van der Waals surface area contributed by atoms with Gasteiger partial charge in [0.25, 0.3) is 0 Å². The number of rotatable bonds is 5. The molecule has 1 fully saturated rings. The summed E-state index contributed by atoms with van der Waals surface area (Å²) in [5.41, 5.74) is 5.70. The van der Waals surface area contributed by atoms with Crippen molar-refractivity contribution in [1.82, 2.24) is 5.32 Å². The van der Waals surface area contributed by atoms with Gasteiger partial charge in [-0.2, -0.15) is 0 Å². The first-order chi connectivity index (χ1) is 7.15. The number of nitrogens with two attached hydrogens (primary N) is 1. The first-order valence-electron chi connectivity index (χ1n) is 5.44. The van der Waals surface area contributed by atoms with Crippen molar-refractivity contribution in [3.63, 3.8) is 0 Å². The van der Waals surface area contributed by atoms with Crippen LogP contribution in [0.4, 0.5) is 0 Å². The van der Waals surface area contributed by atoms with E-state index < -0.39 is 6.10 Å². The molecule has 0 bridgehead atoms. The topological polar surface area (TPSA) is 84.6 Å². The summed E-state index contributed by atoms with van der Waals surface area (Å²) >= 11 is 0. The van der Waals surface area contributed by atoms with Gasteiger partial charge in [-0.05, 0) is 6.42 Å². The van der Waals surface area contributed by atoms with E-state index >= 15 is 0 Å². The number of ether oxygens (including phenoxy) is 1. The molecule has 1 amide bonds. The number of amides is 1. The lowest BCUT2D eigenvalue weighted by Gasteiger charge is -2.15. The number of hydrogen-bond donors (Lipinski definition) is 3. The maximum absolute atomic E-state index is 11.6. The van der Waals surface area contributed by atoms with Crippen molar-refractivity contribution in [2.45, 2.75) is 31.9 Å². The number of carbonyl (C=O) groups is 1. The average Bonchev–Trinajstić information content (AvgIpc) is 2.61. The predicted molar refractivity (Wildman–Crippen MR) is 56.2 cm³/mol. The van der Waals surface area contributed by atoms with Gasteiger partial charge in [-0.1, -0.05) is 13.3 Å². The standard InChI is InChI=1S/C10H20N2O3/c1-2-3-7(13)4-12-10(14)8-5-15-6-9(8)11/h7-9,13H,2-6,11H2,1H3,(H,12,14). The van der Waals surface area contributed by atoms with Crippen molar-refractivity contribution in [2.75, 3.05) is 19.8 Å². The average molecular weight is 216 g/mol. The number of aliphatic hydroxyl groups is 1. The van der Waals surface area contributed by atoms with Crippen molar-refractivity contribution in [1.29, 1.82) is 0 Å². The minimum atomic E-state index is -0.461. The second-order valence-corrected chi connectivity index (χ2v) is 4.00. The maximum atomic E-state index is 11.6. The smallest absolute Gasteiger partial charge is 0.227 e. The Balaban J connectivity index is 2.23. The molecule has 0 saturated carbocycles. The highest BCUT2D eigenvalue weighted by Crippen LogP contribution is 2.11. The van der Waals surface area contributed by atoms with Crippen LogP contribution in [-0.4, -0.2) is 42.9 Å². The van der Waals surface area contributed by atoms with Crippen molar-refractivity contribution < 1.29 is 14.6 Å². The predicted octanol–water partition coefficient (Wildman–Crippen LogP) is -0.763. The van der Waals surface area contributed by atoms with Crippen LogP contribution in [0, 0.1) is 5.92 Å². The normalized spacial score (nSPS) is 27.7. The Labute approximate surface area is 90.0 Å². The summed E-state index contributed by atoms with van der Waals surface area (Å²) < 4.78 is 5.10. The molecule has 1 aliphatic rings. The highest BCUT2D eigenvalue weighted by Gasteiger charge is 2.31. The van der Waals surface area contributed by atoms with E-state index in [1.165, 1.54) is 0 Å². The highest BCUT2D eigenvalue weighted by atomic mass is 16.5. The molecule has 0 aromatic rings. The van der Waals surface area contributed by atoms with Gasteiger partial charge in [-0.3, -0.25) is 4.79 Å². The SMILES string of the molecule is CCCC(O)CNC(=O)C1COCC1N. The van der Waals surface area contributed by atoms with E-state index in [9.17, 15) is 9.90 Å². The molecule has 3 unspecified atom stereocenters.